The van der Waals surface area contributed by atoms with Crippen LogP contribution in [0.25, 0.3) is 0 Å². The van der Waals surface area contributed by atoms with E-state index < -0.39 is 16.3 Å². The van der Waals surface area contributed by atoms with Crippen molar-refractivity contribution in [1.82, 2.24) is 9.71 Å². The molecule has 7 nitrogen and oxygen atoms in total. The zero-order chi connectivity index (χ0) is 13.8. The van der Waals surface area contributed by atoms with Crippen molar-refractivity contribution in [2.75, 3.05) is 11.3 Å². The molecule has 0 bridgehead atoms. The fourth-order valence-corrected chi connectivity index (χ4v) is 1.92. The van der Waals surface area contributed by atoms with Gasteiger partial charge in [0.15, 0.2) is 0 Å². The Kier molecular flexibility index (Phi) is 4.74. The quantitative estimate of drug-likeness (QED) is 0.819. The summed E-state index contributed by atoms with van der Waals surface area (Å²) in [6.07, 6.45) is 0.184. The highest BCUT2D eigenvalue weighted by Gasteiger charge is 2.15. The third kappa shape index (κ3) is 4.38. The molecule has 1 rings (SSSR count). The van der Waals surface area contributed by atoms with E-state index in [9.17, 15) is 13.2 Å². The molecule has 0 radical (unpaired) electrons. The molecule has 1 heterocycles. The van der Waals surface area contributed by atoms with E-state index in [1.165, 1.54) is 12.3 Å². The highest BCUT2D eigenvalue weighted by molar-refractivity contribution is 7.91. The number of anilines is 1. The van der Waals surface area contributed by atoms with Gasteiger partial charge >= 0.3 is 16.3 Å². The number of aromatic nitrogens is 1. The number of nitrogens with zero attached hydrogens (tertiary/aromatic N) is 1. The molecule has 100 valence electrons. The Labute approximate surface area is 110 Å². The second-order valence-electron chi connectivity index (χ2n) is 3.26. The monoisotopic (exact) mass is 293 g/mol. The zero-order valence-corrected chi connectivity index (χ0v) is 11.3. The van der Waals surface area contributed by atoms with Crippen LogP contribution in [0.2, 0.25) is 5.15 Å². The van der Waals surface area contributed by atoms with Gasteiger partial charge in [-0.25, -0.2) is 14.5 Å². The average Bonchev–Trinajstić information content (AvgIpc) is 2.22. The van der Waals surface area contributed by atoms with Crippen molar-refractivity contribution < 1.29 is 17.9 Å². The standard InChI is InChI=1S/C9H12ClN3O4S/c1-3-17-9(14)13-18(15,16)12-7-4-6(2)8(10)11-5-7/h4-5,12H,3H2,1-2H3,(H,13,14). The van der Waals surface area contributed by atoms with Gasteiger partial charge in [-0.3, -0.25) is 4.72 Å². The van der Waals surface area contributed by atoms with Gasteiger partial charge in [0.1, 0.15) is 5.15 Å². The van der Waals surface area contributed by atoms with Gasteiger partial charge in [-0.1, -0.05) is 11.6 Å². The van der Waals surface area contributed by atoms with Crippen molar-refractivity contribution >= 4 is 33.6 Å². The summed E-state index contributed by atoms with van der Waals surface area (Å²) in [7, 11) is -4.04. The molecule has 18 heavy (non-hydrogen) atoms. The first kappa shape index (κ1) is 14.5. The van der Waals surface area contributed by atoms with E-state index in [-0.39, 0.29) is 17.4 Å². The lowest BCUT2D eigenvalue weighted by atomic mass is 10.3. The maximum absolute atomic E-state index is 11.5. The topological polar surface area (TPSA) is 97.4 Å². The molecule has 1 amide bonds. The number of rotatable bonds is 4. The molecule has 1 aromatic rings. The highest BCUT2D eigenvalue weighted by atomic mass is 35.5. The molecule has 0 saturated carbocycles. The number of hydrogen-bond donors (Lipinski definition) is 2. The Morgan fingerprint density at radius 1 is 1.56 bits per heavy atom. The minimum Gasteiger partial charge on any atom is -0.449 e. The number of carbonyl (C=O) groups excluding carboxylic acids is 1. The first-order valence-corrected chi connectivity index (χ1v) is 6.79. The van der Waals surface area contributed by atoms with E-state index >= 15 is 0 Å². The molecular weight excluding hydrogens is 282 g/mol. The lowest BCUT2D eigenvalue weighted by molar-refractivity contribution is 0.159. The van der Waals surface area contributed by atoms with E-state index in [4.69, 9.17) is 11.6 Å². The number of aryl methyl sites for hydroxylation is 1. The number of pyridine rings is 1. The van der Waals surface area contributed by atoms with Crippen LogP contribution < -0.4 is 9.44 Å². The van der Waals surface area contributed by atoms with Gasteiger partial charge in [-0.05, 0) is 25.5 Å². The van der Waals surface area contributed by atoms with Crippen molar-refractivity contribution in [2.45, 2.75) is 13.8 Å². The fraction of sp³-hybridized carbons (Fsp3) is 0.333. The maximum Gasteiger partial charge on any atom is 0.422 e. The summed E-state index contributed by atoms with van der Waals surface area (Å²) in [5, 5.41) is 0.274. The first-order chi connectivity index (χ1) is 8.34. The van der Waals surface area contributed by atoms with Crippen molar-refractivity contribution in [3.63, 3.8) is 0 Å². The number of carbonyl (C=O) groups is 1. The molecular formula is C9H12ClN3O4S. The SMILES string of the molecule is CCOC(=O)NS(=O)(=O)Nc1cnc(Cl)c(C)c1. The van der Waals surface area contributed by atoms with Crippen LogP contribution in [0.15, 0.2) is 12.3 Å². The van der Waals surface area contributed by atoms with Crippen molar-refractivity contribution in [3.8, 4) is 0 Å². The third-order valence-corrected chi connectivity index (χ3v) is 3.10. The van der Waals surface area contributed by atoms with Crippen LogP contribution in [0.5, 0.6) is 0 Å². The number of ether oxygens (including phenoxy) is 1. The van der Waals surface area contributed by atoms with Gasteiger partial charge in [0.05, 0.1) is 18.5 Å². The second kappa shape index (κ2) is 5.87. The van der Waals surface area contributed by atoms with Gasteiger partial charge in [-0.2, -0.15) is 8.42 Å². The Morgan fingerprint density at radius 2 is 2.22 bits per heavy atom. The lowest BCUT2D eigenvalue weighted by Crippen LogP contribution is -2.35. The predicted molar refractivity (Wildman–Crippen MR) is 66.7 cm³/mol. The number of hydrogen-bond acceptors (Lipinski definition) is 5. The smallest absolute Gasteiger partial charge is 0.422 e. The van der Waals surface area contributed by atoms with Crippen molar-refractivity contribution in [3.05, 3.63) is 23.0 Å². The minimum atomic E-state index is -4.04. The van der Waals surface area contributed by atoms with Gasteiger partial charge in [-0.15, -0.1) is 0 Å². The summed E-state index contributed by atoms with van der Waals surface area (Å²) < 4.78 is 31.2. The molecule has 0 spiro atoms. The predicted octanol–water partition coefficient (Wildman–Crippen LogP) is 1.45. The number of halogens is 1. The van der Waals surface area contributed by atoms with E-state index in [2.05, 4.69) is 14.4 Å². The van der Waals surface area contributed by atoms with Crippen LogP contribution >= 0.6 is 11.6 Å². The van der Waals surface area contributed by atoms with Crippen LogP contribution in [-0.2, 0) is 14.9 Å². The van der Waals surface area contributed by atoms with E-state index in [0.29, 0.717) is 5.56 Å². The Balaban J connectivity index is 2.76. The van der Waals surface area contributed by atoms with Gasteiger partial charge < -0.3 is 4.74 Å². The first-order valence-electron chi connectivity index (χ1n) is 4.93. The van der Waals surface area contributed by atoms with Crippen LogP contribution in [-0.4, -0.2) is 26.1 Å². The van der Waals surface area contributed by atoms with Crippen LogP contribution in [0.4, 0.5) is 10.5 Å². The van der Waals surface area contributed by atoms with Crippen LogP contribution in [0.3, 0.4) is 0 Å². The summed E-state index contributed by atoms with van der Waals surface area (Å²) in [6, 6.07) is 1.49. The van der Waals surface area contributed by atoms with Crippen molar-refractivity contribution in [2.24, 2.45) is 0 Å². The Hall–Kier alpha value is -1.54. The molecule has 0 unspecified atom stereocenters. The molecule has 0 fully saturated rings. The van der Waals surface area contributed by atoms with Crippen LogP contribution in [0, 0.1) is 6.92 Å². The summed E-state index contributed by atoms with van der Waals surface area (Å²) in [6.45, 7) is 3.31. The van der Waals surface area contributed by atoms with Crippen molar-refractivity contribution in [1.29, 1.82) is 0 Å². The normalized spacial score (nSPS) is 10.8. The summed E-state index contributed by atoms with van der Waals surface area (Å²) >= 11 is 5.70. The Bertz CT molecular complexity index is 547. The summed E-state index contributed by atoms with van der Waals surface area (Å²) in [5.41, 5.74) is 0.793. The molecule has 9 heteroatoms. The van der Waals surface area contributed by atoms with Gasteiger partial charge in [0.25, 0.3) is 0 Å². The third-order valence-electron chi connectivity index (χ3n) is 1.76. The molecule has 0 aliphatic rings. The molecule has 0 saturated heterocycles. The Morgan fingerprint density at radius 3 is 2.78 bits per heavy atom. The average molecular weight is 294 g/mol. The molecule has 2 N–H and O–H groups in total. The van der Waals surface area contributed by atoms with Gasteiger partial charge in [0.2, 0.25) is 0 Å². The van der Waals surface area contributed by atoms with E-state index in [1.807, 2.05) is 0 Å². The lowest BCUT2D eigenvalue weighted by Gasteiger charge is -2.09. The molecule has 0 atom stereocenters. The van der Waals surface area contributed by atoms with Crippen LogP contribution in [0.1, 0.15) is 12.5 Å². The molecule has 0 aliphatic carbocycles. The minimum absolute atomic E-state index is 0.0724. The summed E-state index contributed by atoms with van der Waals surface area (Å²) in [5.74, 6) is 0. The second-order valence-corrected chi connectivity index (χ2v) is 5.03. The molecule has 0 aliphatic heterocycles. The van der Waals surface area contributed by atoms with Gasteiger partial charge in [0, 0.05) is 0 Å². The summed E-state index contributed by atoms with van der Waals surface area (Å²) in [4.78, 5) is 14.8. The maximum atomic E-state index is 11.5. The van der Waals surface area contributed by atoms with E-state index in [0.717, 1.165) is 0 Å². The van der Waals surface area contributed by atoms with E-state index in [1.54, 1.807) is 18.6 Å². The zero-order valence-electron chi connectivity index (χ0n) is 9.73. The number of amides is 1. The largest absolute Gasteiger partial charge is 0.449 e. The molecule has 1 aromatic heterocycles. The highest BCUT2D eigenvalue weighted by Crippen LogP contribution is 2.16. The molecule has 0 aromatic carbocycles. The fourth-order valence-electron chi connectivity index (χ4n) is 1.06. The number of nitrogens with one attached hydrogen (secondary N) is 2.